The molecule has 0 saturated carbocycles. The maximum absolute atomic E-state index is 6.38. The zero-order valence-corrected chi connectivity index (χ0v) is 11.0. The minimum atomic E-state index is -0.574. The van der Waals surface area contributed by atoms with Gasteiger partial charge in [-0.05, 0) is 30.2 Å². The summed E-state index contributed by atoms with van der Waals surface area (Å²) in [6.07, 6.45) is 0. The molecule has 0 aromatic heterocycles. The summed E-state index contributed by atoms with van der Waals surface area (Å²) in [5.74, 6) is 0. The quantitative estimate of drug-likeness (QED) is 0.865. The molecule has 1 unspecified atom stereocenters. The Bertz CT molecular complexity index is 521. The van der Waals surface area contributed by atoms with Crippen molar-refractivity contribution in [2.24, 2.45) is 5.73 Å². The lowest BCUT2D eigenvalue weighted by Crippen LogP contribution is -2.34. The van der Waals surface area contributed by atoms with E-state index in [1.807, 2.05) is 49.4 Å². The van der Waals surface area contributed by atoms with E-state index in [2.05, 4.69) is 0 Å². The van der Waals surface area contributed by atoms with Gasteiger partial charge in [-0.3, -0.25) is 0 Å². The van der Waals surface area contributed by atoms with Crippen LogP contribution in [0.2, 0.25) is 10.0 Å². The number of benzene rings is 2. The molecule has 0 spiro atoms. The van der Waals surface area contributed by atoms with Gasteiger partial charge in [-0.25, -0.2) is 0 Å². The molecule has 0 aliphatic heterocycles. The summed E-state index contributed by atoms with van der Waals surface area (Å²) in [7, 11) is 0. The standard InChI is InChI=1S/C14H13Cl2N/c1-14(17,10-5-3-2-4-6-10)11-7-8-12(15)13(16)9-11/h2-9H,17H2,1H3. The fraction of sp³-hybridized carbons (Fsp3) is 0.143. The van der Waals surface area contributed by atoms with E-state index in [4.69, 9.17) is 28.9 Å². The van der Waals surface area contributed by atoms with Crippen molar-refractivity contribution in [2.45, 2.75) is 12.5 Å². The molecule has 0 fully saturated rings. The van der Waals surface area contributed by atoms with Crippen molar-refractivity contribution in [3.8, 4) is 0 Å². The Morgan fingerprint density at radius 3 is 2.12 bits per heavy atom. The lowest BCUT2D eigenvalue weighted by Gasteiger charge is -2.26. The van der Waals surface area contributed by atoms with Gasteiger partial charge in [0.1, 0.15) is 0 Å². The number of hydrogen-bond donors (Lipinski definition) is 1. The SMILES string of the molecule is CC(N)(c1ccccc1)c1ccc(Cl)c(Cl)c1. The summed E-state index contributed by atoms with van der Waals surface area (Å²) in [4.78, 5) is 0. The Hall–Kier alpha value is -1.02. The highest BCUT2D eigenvalue weighted by molar-refractivity contribution is 6.42. The normalized spacial score (nSPS) is 14.4. The first-order valence-corrected chi connectivity index (χ1v) is 6.07. The first kappa shape index (κ1) is 12.4. The summed E-state index contributed by atoms with van der Waals surface area (Å²) in [5, 5.41) is 1.07. The molecule has 1 atom stereocenters. The van der Waals surface area contributed by atoms with Crippen LogP contribution >= 0.6 is 23.2 Å². The first-order valence-electron chi connectivity index (χ1n) is 5.32. The average Bonchev–Trinajstić information content (AvgIpc) is 2.33. The van der Waals surface area contributed by atoms with Crippen molar-refractivity contribution in [2.75, 3.05) is 0 Å². The number of halogens is 2. The third kappa shape index (κ3) is 2.47. The van der Waals surface area contributed by atoms with Crippen molar-refractivity contribution < 1.29 is 0 Å². The molecule has 0 radical (unpaired) electrons. The highest BCUT2D eigenvalue weighted by atomic mass is 35.5. The molecule has 3 heteroatoms. The van der Waals surface area contributed by atoms with Crippen LogP contribution in [-0.4, -0.2) is 0 Å². The van der Waals surface area contributed by atoms with E-state index in [0.717, 1.165) is 11.1 Å². The molecule has 2 rings (SSSR count). The third-order valence-corrected chi connectivity index (χ3v) is 3.63. The third-order valence-electron chi connectivity index (χ3n) is 2.89. The van der Waals surface area contributed by atoms with Crippen LogP contribution in [0, 0.1) is 0 Å². The second-order valence-corrected chi connectivity index (χ2v) is 5.01. The van der Waals surface area contributed by atoms with Crippen LogP contribution in [0.1, 0.15) is 18.1 Å². The van der Waals surface area contributed by atoms with E-state index in [1.54, 1.807) is 6.07 Å². The summed E-state index contributed by atoms with van der Waals surface area (Å²) in [6.45, 7) is 1.96. The molecule has 2 N–H and O–H groups in total. The first-order chi connectivity index (χ1) is 8.01. The molecule has 2 aromatic carbocycles. The Labute approximate surface area is 111 Å². The van der Waals surface area contributed by atoms with E-state index >= 15 is 0 Å². The second kappa shape index (κ2) is 4.69. The van der Waals surface area contributed by atoms with Gasteiger partial charge in [-0.15, -0.1) is 0 Å². The van der Waals surface area contributed by atoms with Gasteiger partial charge in [0.25, 0.3) is 0 Å². The summed E-state index contributed by atoms with van der Waals surface area (Å²) in [5.41, 5.74) is 7.79. The summed E-state index contributed by atoms with van der Waals surface area (Å²) >= 11 is 11.9. The van der Waals surface area contributed by atoms with Gasteiger partial charge in [0.2, 0.25) is 0 Å². The lowest BCUT2D eigenvalue weighted by atomic mass is 9.86. The lowest BCUT2D eigenvalue weighted by molar-refractivity contribution is 0.603. The van der Waals surface area contributed by atoms with Gasteiger partial charge in [0.05, 0.1) is 15.6 Å². The molecule has 0 bridgehead atoms. The van der Waals surface area contributed by atoms with Gasteiger partial charge in [0.15, 0.2) is 0 Å². The van der Waals surface area contributed by atoms with Gasteiger partial charge in [0, 0.05) is 0 Å². The predicted octanol–water partition coefficient (Wildman–Crippen LogP) is 4.22. The average molecular weight is 266 g/mol. The Morgan fingerprint density at radius 1 is 0.882 bits per heavy atom. The molecule has 1 nitrogen and oxygen atoms in total. The zero-order valence-electron chi connectivity index (χ0n) is 9.45. The van der Waals surface area contributed by atoms with Crippen LogP contribution in [0.15, 0.2) is 48.5 Å². The Morgan fingerprint density at radius 2 is 1.53 bits per heavy atom. The van der Waals surface area contributed by atoms with Gasteiger partial charge in [-0.1, -0.05) is 59.6 Å². The number of rotatable bonds is 2. The monoisotopic (exact) mass is 265 g/mol. The van der Waals surface area contributed by atoms with Crippen molar-refractivity contribution in [1.29, 1.82) is 0 Å². The smallest absolute Gasteiger partial charge is 0.0637 e. The van der Waals surface area contributed by atoms with Crippen LogP contribution in [0.3, 0.4) is 0 Å². The zero-order chi connectivity index (χ0) is 12.5. The molecule has 2 aromatic rings. The largest absolute Gasteiger partial charge is 0.318 e. The van der Waals surface area contributed by atoms with Crippen molar-refractivity contribution in [3.05, 3.63) is 69.7 Å². The van der Waals surface area contributed by atoms with Crippen LogP contribution in [0.25, 0.3) is 0 Å². The van der Waals surface area contributed by atoms with Gasteiger partial charge >= 0.3 is 0 Å². The maximum atomic E-state index is 6.38. The molecular weight excluding hydrogens is 253 g/mol. The van der Waals surface area contributed by atoms with Crippen molar-refractivity contribution in [3.63, 3.8) is 0 Å². The van der Waals surface area contributed by atoms with E-state index < -0.39 is 5.54 Å². The fourth-order valence-corrected chi connectivity index (χ4v) is 2.07. The van der Waals surface area contributed by atoms with Gasteiger partial charge < -0.3 is 5.73 Å². The van der Waals surface area contributed by atoms with E-state index in [1.165, 1.54) is 0 Å². The van der Waals surface area contributed by atoms with Crippen LogP contribution in [0.5, 0.6) is 0 Å². The molecule has 0 saturated heterocycles. The fourth-order valence-electron chi connectivity index (χ4n) is 1.77. The maximum Gasteiger partial charge on any atom is 0.0637 e. The van der Waals surface area contributed by atoms with Crippen LogP contribution in [0.4, 0.5) is 0 Å². The Kier molecular flexibility index (Phi) is 3.43. The molecule has 17 heavy (non-hydrogen) atoms. The molecule has 0 amide bonds. The predicted molar refractivity (Wildman–Crippen MR) is 73.5 cm³/mol. The number of nitrogens with two attached hydrogens (primary N) is 1. The number of hydrogen-bond acceptors (Lipinski definition) is 1. The van der Waals surface area contributed by atoms with Crippen LogP contribution in [-0.2, 0) is 5.54 Å². The van der Waals surface area contributed by atoms with Gasteiger partial charge in [-0.2, -0.15) is 0 Å². The minimum absolute atomic E-state index is 0.525. The summed E-state index contributed by atoms with van der Waals surface area (Å²) < 4.78 is 0. The molecule has 0 aliphatic carbocycles. The highest BCUT2D eigenvalue weighted by Crippen LogP contribution is 2.31. The van der Waals surface area contributed by atoms with E-state index in [9.17, 15) is 0 Å². The molecule has 88 valence electrons. The highest BCUT2D eigenvalue weighted by Gasteiger charge is 2.23. The molecule has 0 aliphatic rings. The minimum Gasteiger partial charge on any atom is -0.318 e. The van der Waals surface area contributed by atoms with E-state index in [0.29, 0.717) is 10.0 Å². The van der Waals surface area contributed by atoms with Crippen molar-refractivity contribution in [1.82, 2.24) is 0 Å². The van der Waals surface area contributed by atoms with Crippen molar-refractivity contribution >= 4 is 23.2 Å². The van der Waals surface area contributed by atoms with E-state index in [-0.39, 0.29) is 0 Å². The topological polar surface area (TPSA) is 26.0 Å². The van der Waals surface area contributed by atoms with Crippen LogP contribution < -0.4 is 5.73 Å². The summed E-state index contributed by atoms with van der Waals surface area (Å²) in [6, 6.07) is 15.4. The Balaban J connectivity index is 2.48. The molecular formula is C14H13Cl2N. The molecule has 0 heterocycles. The second-order valence-electron chi connectivity index (χ2n) is 4.20.